The van der Waals surface area contributed by atoms with Gasteiger partial charge in [0, 0.05) is 11.2 Å². The summed E-state index contributed by atoms with van der Waals surface area (Å²) in [5, 5.41) is 0.204. The van der Waals surface area contributed by atoms with Crippen LogP contribution in [-0.4, -0.2) is 11.2 Å². The van der Waals surface area contributed by atoms with E-state index in [-0.39, 0.29) is 17.1 Å². The summed E-state index contributed by atoms with van der Waals surface area (Å²) in [6.07, 6.45) is 5.52. The van der Waals surface area contributed by atoms with Crippen LogP contribution in [0.25, 0.3) is 0 Å². The maximum absolute atomic E-state index is 10.9. The standard InChI is InChI=1S/C8H15NOS/c9-8(10)6-4-2-1-3-5-7(6)11/h6-7,11H,1-5H2,(H2,9,10). The second kappa shape index (κ2) is 4.00. The maximum atomic E-state index is 10.9. The van der Waals surface area contributed by atoms with Gasteiger partial charge in [-0.15, -0.1) is 0 Å². The number of thiol groups is 1. The van der Waals surface area contributed by atoms with E-state index in [1.54, 1.807) is 0 Å². The van der Waals surface area contributed by atoms with Crippen molar-refractivity contribution in [3.8, 4) is 0 Å². The molecule has 3 heteroatoms. The summed E-state index contributed by atoms with van der Waals surface area (Å²) >= 11 is 4.36. The Hall–Kier alpha value is -0.180. The molecule has 2 nitrogen and oxygen atoms in total. The first-order chi connectivity index (χ1) is 5.22. The summed E-state index contributed by atoms with van der Waals surface area (Å²) in [6.45, 7) is 0. The van der Waals surface area contributed by atoms with E-state index in [0.717, 1.165) is 19.3 Å². The van der Waals surface area contributed by atoms with Crippen LogP contribution in [0.15, 0.2) is 0 Å². The van der Waals surface area contributed by atoms with Gasteiger partial charge < -0.3 is 5.73 Å². The molecule has 64 valence electrons. The van der Waals surface area contributed by atoms with Crippen molar-refractivity contribution >= 4 is 18.5 Å². The fraction of sp³-hybridized carbons (Fsp3) is 0.875. The van der Waals surface area contributed by atoms with Crippen LogP contribution in [-0.2, 0) is 4.79 Å². The van der Waals surface area contributed by atoms with Crippen molar-refractivity contribution in [3.63, 3.8) is 0 Å². The van der Waals surface area contributed by atoms with Crippen molar-refractivity contribution in [1.82, 2.24) is 0 Å². The molecule has 11 heavy (non-hydrogen) atoms. The number of nitrogens with two attached hydrogens (primary N) is 1. The second-order valence-electron chi connectivity index (χ2n) is 3.21. The molecule has 0 aliphatic heterocycles. The van der Waals surface area contributed by atoms with Crippen molar-refractivity contribution in [3.05, 3.63) is 0 Å². The topological polar surface area (TPSA) is 43.1 Å². The van der Waals surface area contributed by atoms with Crippen molar-refractivity contribution in [2.45, 2.75) is 37.4 Å². The minimum absolute atomic E-state index is 0.0147. The quantitative estimate of drug-likeness (QED) is 0.456. The summed E-state index contributed by atoms with van der Waals surface area (Å²) in [7, 11) is 0. The van der Waals surface area contributed by atoms with Gasteiger partial charge in [-0.3, -0.25) is 4.79 Å². The van der Waals surface area contributed by atoms with E-state index in [4.69, 9.17) is 5.73 Å². The van der Waals surface area contributed by atoms with Gasteiger partial charge in [-0.2, -0.15) is 12.6 Å². The normalized spacial score (nSPS) is 32.8. The van der Waals surface area contributed by atoms with Gasteiger partial charge >= 0.3 is 0 Å². The number of amides is 1. The van der Waals surface area contributed by atoms with Crippen LogP contribution < -0.4 is 5.73 Å². The minimum Gasteiger partial charge on any atom is -0.369 e. The lowest BCUT2D eigenvalue weighted by Crippen LogP contribution is -2.29. The van der Waals surface area contributed by atoms with Crippen LogP contribution in [0.3, 0.4) is 0 Å². The molecular weight excluding hydrogens is 158 g/mol. The van der Waals surface area contributed by atoms with Gasteiger partial charge in [0.05, 0.1) is 0 Å². The molecule has 1 fully saturated rings. The van der Waals surface area contributed by atoms with E-state index in [1.807, 2.05) is 0 Å². The van der Waals surface area contributed by atoms with Crippen LogP contribution in [0.2, 0.25) is 0 Å². The first-order valence-electron chi connectivity index (χ1n) is 4.19. The molecule has 1 rings (SSSR count). The largest absolute Gasteiger partial charge is 0.369 e. The van der Waals surface area contributed by atoms with E-state index in [1.165, 1.54) is 12.8 Å². The molecule has 1 aliphatic rings. The van der Waals surface area contributed by atoms with Crippen LogP contribution >= 0.6 is 12.6 Å². The van der Waals surface area contributed by atoms with Crippen molar-refractivity contribution in [2.24, 2.45) is 11.7 Å². The number of hydrogen-bond acceptors (Lipinski definition) is 2. The highest BCUT2D eigenvalue weighted by Crippen LogP contribution is 2.26. The molecule has 2 N–H and O–H groups in total. The fourth-order valence-corrected chi connectivity index (χ4v) is 2.10. The lowest BCUT2D eigenvalue weighted by Gasteiger charge is -2.15. The van der Waals surface area contributed by atoms with Gasteiger partial charge in [0.15, 0.2) is 0 Å². The maximum Gasteiger partial charge on any atom is 0.221 e. The average molecular weight is 173 g/mol. The molecule has 0 saturated heterocycles. The Morgan fingerprint density at radius 1 is 1.27 bits per heavy atom. The molecule has 1 saturated carbocycles. The molecule has 2 unspecified atom stereocenters. The molecule has 0 aromatic rings. The smallest absolute Gasteiger partial charge is 0.221 e. The van der Waals surface area contributed by atoms with Crippen molar-refractivity contribution < 1.29 is 4.79 Å². The Bertz CT molecular complexity index is 149. The Morgan fingerprint density at radius 2 is 1.91 bits per heavy atom. The van der Waals surface area contributed by atoms with Gasteiger partial charge in [-0.25, -0.2) is 0 Å². The van der Waals surface area contributed by atoms with Crippen molar-refractivity contribution in [2.75, 3.05) is 0 Å². The van der Waals surface area contributed by atoms with E-state index in [0.29, 0.717) is 0 Å². The highest BCUT2D eigenvalue weighted by molar-refractivity contribution is 7.81. The third-order valence-corrected chi connectivity index (χ3v) is 2.96. The number of primary amides is 1. The number of rotatable bonds is 1. The number of carbonyl (C=O) groups is 1. The molecule has 1 aliphatic carbocycles. The Labute approximate surface area is 72.9 Å². The first kappa shape index (κ1) is 8.91. The monoisotopic (exact) mass is 173 g/mol. The summed E-state index contributed by atoms with van der Waals surface area (Å²) in [5.41, 5.74) is 5.24. The Morgan fingerprint density at radius 3 is 2.55 bits per heavy atom. The molecular formula is C8H15NOS. The van der Waals surface area contributed by atoms with Crippen LogP contribution in [0.1, 0.15) is 32.1 Å². The van der Waals surface area contributed by atoms with E-state index in [2.05, 4.69) is 12.6 Å². The van der Waals surface area contributed by atoms with E-state index >= 15 is 0 Å². The minimum atomic E-state index is -0.174. The summed E-state index contributed by atoms with van der Waals surface area (Å²) in [4.78, 5) is 10.9. The Kier molecular flexibility index (Phi) is 3.24. The molecule has 0 radical (unpaired) electrons. The molecule has 0 heterocycles. The third kappa shape index (κ3) is 2.40. The van der Waals surface area contributed by atoms with Crippen LogP contribution in [0.4, 0.5) is 0 Å². The number of hydrogen-bond donors (Lipinski definition) is 2. The van der Waals surface area contributed by atoms with Gasteiger partial charge in [0.25, 0.3) is 0 Å². The SMILES string of the molecule is NC(=O)C1CCCCCC1S. The number of carbonyl (C=O) groups excluding carboxylic acids is 1. The molecule has 2 atom stereocenters. The van der Waals surface area contributed by atoms with Gasteiger partial charge in [0.1, 0.15) is 0 Å². The van der Waals surface area contributed by atoms with E-state index < -0.39 is 0 Å². The molecule has 1 amide bonds. The Balaban J connectivity index is 2.52. The lowest BCUT2D eigenvalue weighted by molar-refractivity contribution is -0.121. The average Bonchev–Trinajstić information content (AvgIpc) is 2.13. The van der Waals surface area contributed by atoms with Gasteiger partial charge in [-0.1, -0.05) is 19.3 Å². The fourth-order valence-electron chi connectivity index (χ4n) is 1.62. The zero-order valence-electron chi connectivity index (χ0n) is 6.62. The van der Waals surface area contributed by atoms with Gasteiger partial charge in [-0.05, 0) is 12.8 Å². The highest BCUT2D eigenvalue weighted by Gasteiger charge is 2.24. The molecule has 0 bridgehead atoms. The summed E-state index contributed by atoms with van der Waals surface area (Å²) < 4.78 is 0. The zero-order chi connectivity index (χ0) is 8.27. The molecule has 0 aromatic heterocycles. The van der Waals surface area contributed by atoms with Crippen LogP contribution in [0.5, 0.6) is 0 Å². The predicted molar refractivity (Wildman–Crippen MR) is 48.5 cm³/mol. The second-order valence-corrected chi connectivity index (χ2v) is 3.88. The lowest BCUT2D eigenvalue weighted by atomic mass is 9.99. The summed E-state index contributed by atoms with van der Waals surface area (Å²) in [5.74, 6) is -0.160. The zero-order valence-corrected chi connectivity index (χ0v) is 7.52. The molecule has 0 aromatic carbocycles. The van der Waals surface area contributed by atoms with Crippen molar-refractivity contribution in [1.29, 1.82) is 0 Å². The first-order valence-corrected chi connectivity index (χ1v) is 4.71. The molecule has 0 spiro atoms. The van der Waals surface area contributed by atoms with E-state index in [9.17, 15) is 4.79 Å². The predicted octanol–water partition coefficient (Wildman–Crippen LogP) is 1.35. The third-order valence-electron chi connectivity index (χ3n) is 2.34. The highest BCUT2D eigenvalue weighted by atomic mass is 32.1. The van der Waals surface area contributed by atoms with Crippen LogP contribution in [0, 0.1) is 5.92 Å². The summed E-state index contributed by atoms with van der Waals surface area (Å²) in [6, 6.07) is 0. The van der Waals surface area contributed by atoms with Gasteiger partial charge in [0.2, 0.25) is 5.91 Å².